The van der Waals surface area contributed by atoms with E-state index in [9.17, 15) is 0 Å². The van der Waals surface area contributed by atoms with Crippen molar-refractivity contribution in [2.24, 2.45) is 0 Å². The van der Waals surface area contributed by atoms with Crippen LogP contribution in [0.15, 0.2) is 290 Å². The standard InChI is InChI=1S/C76H58N4S2/c1-5-17-59(18-6-1)77(67-45-49-69(50-46-67)79(61-21-9-3-10-22-61)65-41-33-57(34-42-65)73-53-81-75-27-15-13-25-71(73)75)63-37-29-55(30-38-63)56-31-39-64(40-32-56)78(60-19-7-2-8-20-60)68-47-51-70(52-48-68)80(62-23-11-4-12-24-62)66-43-35-58(36-44-66)74-54-82-76-28-16-14-26-72(74)76/h1-14,17-26,29-54H,15-16,27-28H2. The Morgan fingerprint density at radius 2 is 0.451 bits per heavy atom. The van der Waals surface area contributed by atoms with Gasteiger partial charge >= 0.3 is 0 Å². The van der Waals surface area contributed by atoms with Gasteiger partial charge in [-0.2, -0.15) is 0 Å². The van der Waals surface area contributed by atoms with Gasteiger partial charge in [-0.25, -0.2) is 0 Å². The maximum absolute atomic E-state index is 2.34. The number of para-hydroxylation sites is 4. The fraction of sp³-hybridized carbons (Fsp3) is 0.0526. The minimum atomic E-state index is 1.08. The van der Waals surface area contributed by atoms with Crippen LogP contribution in [0.1, 0.15) is 33.7 Å². The molecule has 0 bridgehead atoms. The van der Waals surface area contributed by atoms with E-state index in [1.165, 1.54) is 43.1 Å². The molecule has 0 aliphatic heterocycles. The van der Waals surface area contributed by atoms with Crippen molar-refractivity contribution < 1.29 is 0 Å². The third kappa shape index (κ3) is 10.2. The number of fused-ring (bicyclic) bond motifs is 2. The van der Waals surface area contributed by atoms with E-state index in [2.05, 4.69) is 322 Å². The first-order chi connectivity index (χ1) is 40.7. The average molecular weight is 1090 g/mol. The van der Waals surface area contributed by atoms with Crippen molar-refractivity contribution in [1.29, 1.82) is 0 Å². The third-order valence-corrected chi connectivity index (χ3v) is 17.8. The Hall–Kier alpha value is -9.72. The van der Waals surface area contributed by atoms with Gasteiger partial charge < -0.3 is 19.6 Å². The second-order valence-corrected chi connectivity index (χ2v) is 22.7. The molecule has 0 saturated carbocycles. The summed E-state index contributed by atoms with van der Waals surface area (Å²) in [6.45, 7) is 0. The van der Waals surface area contributed by atoms with Crippen molar-refractivity contribution >= 4 is 103 Å². The van der Waals surface area contributed by atoms with Crippen molar-refractivity contribution in [3.05, 3.63) is 311 Å². The molecule has 394 valence electrons. The highest BCUT2D eigenvalue weighted by Crippen LogP contribution is 2.45. The maximum atomic E-state index is 2.34. The summed E-state index contributed by atoms with van der Waals surface area (Å²) in [4.78, 5) is 12.3. The number of anilines is 12. The van der Waals surface area contributed by atoms with E-state index < -0.39 is 0 Å². The Labute approximate surface area is 489 Å². The number of thiophene rings is 2. The van der Waals surface area contributed by atoms with Crippen LogP contribution in [0.3, 0.4) is 0 Å². The number of hydrogen-bond acceptors (Lipinski definition) is 6. The molecule has 0 spiro atoms. The van der Waals surface area contributed by atoms with Crippen molar-refractivity contribution in [1.82, 2.24) is 0 Å². The van der Waals surface area contributed by atoms with Crippen LogP contribution < -0.4 is 19.6 Å². The molecule has 14 rings (SSSR count). The first-order valence-electron chi connectivity index (χ1n) is 28.2. The van der Waals surface area contributed by atoms with E-state index in [0.717, 1.165) is 105 Å². The molecule has 12 aromatic rings. The first-order valence-corrected chi connectivity index (χ1v) is 30.0. The topological polar surface area (TPSA) is 13.0 Å². The zero-order valence-electron chi connectivity index (χ0n) is 45.3. The molecule has 0 fully saturated rings. The highest BCUT2D eigenvalue weighted by atomic mass is 32.1. The summed E-state index contributed by atoms with van der Waals surface area (Å²) < 4.78 is 0. The predicted molar refractivity (Wildman–Crippen MR) is 352 cm³/mol. The summed E-state index contributed by atoms with van der Waals surface area (Å²) >= 11 is 3.77. The summed E-state index contributed by atoms with van der Waals surface area (Å²) in [5.74, 6) is 0. The largest absolute Gasteiger partial charge is 0.311 e. The van der Waals surface area contributed by atoms with E-state index in [1.54, 1.807) is 0 Å². The SMILES string of the molecule is C1=Cc2c(-c3ccc(N(c4ccccc4)c4ccc(N(c5ccccc5)c5ccc(-c6ccc(N(c7ccccc7)c7ccc(N(c8ccccc8)c8ccc(-c9csc%10c9C=CCC%10)cc8)cc7)cc6)cc5)cc4)cc3)csc2CC1. The predicted octanol–water partition coefficient (Wildman–Crippen LogP) is 22.6. The highest BCUT2D eigenvalue weighted by molar-refractivity contribution is 7.11. The maximum Gasteiger partial charge on any atom is 0.0463 e. The van der Waals surface area contributed by atoms with Gasteiger partial charge in [0.2, 0.25) is 0 Å². The molecule has 82 heavy (non-hydrogen) atoms. The average Bonchev–Trinajstić information content (AvgIpc) is 4.25. The van der Waals surface area contributed by atoms with Gasteiger partial charge in [0.25, 0.3) is 0 Å². The Morgan fingerprint density at radius 1 is 0.232 bits per heavy atom. The van der Waals surface area contributed by atoms with Crippen molar-refractivity contribution in [2.45, 2.75) is 25.7 Å². The first kappa shape index (κ1) is 50.5. The Kier molecular flexibility index (Phi) is 14.0. The van der Waals surface area contributed by atoms with E-state index >= 15 is 0 Å². The molecular formula is C76H58N4S2. The Balaban J connectivity index is 0.727. The summed E-state index contributed by atoms with van der Waals surface area (Å²) in [6.07, 6.45) is 13.7. The quantitative estimate of drug-likeness (QED) is 0.101. The lowest BCUT2D eigenvalue weighted by Crippen LogP contribution is -2.12. The van der Waals surface area contributed by atoms with Crippen LogP contribution in [0, 0.1) is 0 Å². The lowest BCUT2D eigenvalue weighted by atomic mass is 9.97. The second-order valence-electron chi connectivity index (χ2n) is 20.8. The van der Waals surface area contributed by atoms with Gasteiger partial charge in [-0.15, -0.1) is 22.7 Å². The smallest absolute Gasteiger partial charge is 0.0463 e. The van der Waals surface area contributed by atoms with Crippen LogP contribution in [0.2, 0.25) is 0 Å². The zero-order valence-corrected chi connectivity index (χ0v) is 46.9. The third-order valence-electron chi connectivity index (χ3n) is 15.7. The number of benzene rings is 10. The lowest BCUT2D eigenvalue weighted by molar-refractivity contribution is 1.01. The molecule has 10 aromatic carbocycles. The lowest BCUT2D eigenvalue weighted by Gasteiger charge is -2.29. The molecule has 0 saturated heterocycles. The normalized spacial score (nSPS) is 12.3. The van der Waals surface area contributed by atoms with Crippen LogP contribution in [0.4, 0.5) is 68.2 Å². The molecule has 2 heterocycles. The highest BCUT2D eigenvalue weighted by Gasteiger charge is 2.21. The Morgan fingerprint density at radius 3 is 0.707 bits per heavy atom. The fourth-order valence-electron chi connectivity index (χ4n) is 11.6. The molecule has 6 heteroatoms. The van der Waals surface area contributed by atoms with Gasteiger partial charge in [0.15, 0.2) is 0 Å². The van der Waals surface area contributed by atoms with Crippen LogP contribution in [-0.2, 0) is 12.8 Å². The summed E-state index contributed by atoms with van der Waals surface area (Å²) in [6, 6.07) is 96.6. The number of aryl methyl sites for hydroxylation is 2. The molecule has 0 amide bonds. The number of hydrogen-bond donors (Lipinski definition) is 0. The fourth-order valence-corrected chi connectivity index (χ4v) is 13.8. The van der Waals surface area contributed by atoms with E-state index in [-0.39, 0.29) is 0 Å². The monoisotopic (exact) mass is 1090 g/mol. The summed E-state index contributed by atoms with van der Waals surface area (Å²) in [7, 11) is 0. The van der Waals surface area contributed by atoms with Gasteiger partial charge in [0, 0.05) is 78.0 Å². The number of allylic oxidation sites excluding steroid dienone is 2. The molecule has 2 aromatic heterocycles. The summed E-state index contributed by atoms with van der Waals surface area (Å²) in [5, 5.41) is 4.64. The molecule has 2 aliphatic rings. The molecule has 0 N–H and O–H groups in total. The molecule has 2 aliphatic carbocycles. The van der Waals surface area contributed by atoms with Crippen LogP contribution in [0.5, 0.6) is 0 Å². The number of rotatable bonds is 15. The van der Waals surface area contributed by atoms with Crippen LogP contribution in [0.25, 0.3) is 45.5 Å². The van der Waals surface area contributed by atoms with Gasteiger partial charge in [0.1, 0.15) is 0 Å². The van der Waals surface area contributed by atoms with Crippen LogP contribution in [-0.4, -0.2) is 0 Å². The van der Waals surface area contributed by atoms with Crippen molar-refractivity contribution in [2.75, 3.05) is 19.6 Å². The van der Waals surface area contributed by atoms with Gasteiger partial charge in [-0.3, -0.25) is 0 Å². The Bertz CT molecular complexity index is 3880. The second kappa shape index (κ2) is 22.8. The molecule has 0 atom stereocenters. The van der Waals surface area contributed by atoms with Gasteiger partial charge in [0.05, 0.1) is 0 Å². The molecule has 0 unspecified atom stereocenters. The van der Waals surface area contributed by atoms with Crippen LogP contribution >= 0.6 is 22.7 Å². The zero-order chi connectivity index (χ0) is 54.6. The van der Waals surface area contributed by atoms with Gasteiger partial charge in [-0.05, 0) is 227 Å². The number of nitrogens with zero attached hydrogens (tertiary/aromatic N) is 4. The molecular weight excluding hydrogens is 1030 g/mol. The minimum Gasteiger partial charge on any atom is -0.311 e. The minimum absolute atomic E-state index is 1.08. The molecule has 0 radical (unpaired) electrons. The van der Waals surface area contributed by atoms with Crippen molar-refractivity contribution in [3.63, 3.8) is 0 Å². The van der Waals surface area contributed by atoms with E-state index in [0.29, 0.717) is 0 Å². The summed E-state index contributed by atoms with van der Waals surface area (Å²) in [5.41, 5.74) is 23.3. The van der Waals surface area contributed by atoms with Gasteiger partial charge in [-0.1, -0.05) is 146 Å². The molecule has 4 nitrogen and oxygen atoms in total. The van der Waals surface area contributed by atoms with Crippen molar-refractivity contribution in [3.8, 4) is 33.4 Å². The van der Waals surface area contributed by atoms with E-state index in [4.69, 9.17) is 0 Å². The van der Waals surface area contributed by atoms with E-state index in [1.807, 2.05) is 22.7 Å².